The highest BCUT2D eigenvalue weighted by molar-refractivity contribution is 7.15. The van der Waals surface area contributed by atoms with Crippen LogP contribution in [0.4, 0.5) is 5.13 Å². The number of fused-ring (bicyclic) bond motifs is 2. The second-order valence-corrected chi connectivity index (χ2v) is 8.58. The minimum absolute atomic E-state index is 0.0643. The van der Waals surface area contributed by atoms with E-state index in [0.29, 0.717) is 47.9 Å². The molecule has 0 bridgehead atoms. The monoisotopic (exact) mass is 411 g/mol. The summed E-state index contributed by atoms with van der Waals surface area (Å²) in [6.07, 6.45) is 1.18. The van der Waals surface area contributed by atoms with Crippen LogP contribution in [0.1, 0.15) is 41.2 Å². The number of hydrogen-bond donors (Lipinski definition) is 1. The number of carbonyl (C=O) groups excluding carboxylic acids is 2. The summed E-state index contributed by atoms with van der Waals surface area (Å²) in [6, 6.07) is 8.56. The molecule has 0 aliphatic carbocycles. The van der Waals surface area contributed by atoms with Crippen molar-refractivity contribution in [1.29, 1.82) is 0 Å². The van der Waals surface area contributed by atoms with Crippen LogP contribution in [-0.2, 0) is 17.8 Å². The van der Waals surface area contributed by atoms with E-state index in [-0.39, 0.29) is 11.5 Å². The van der Waals surface area contributed by atoms with Crippen molar-refractivity contribution in [2.24, 2.45) is 5.92 Å². The molecule has 4 rings (SSSR count). The summed E-state index contributed by atoms with van der Waals surface area (Å²) < 4.78 is 5.23. The van der Waals surface area contributed by atoms with Gasteiger partial charge in [0.2, 0.25) is 5.91 Å². The zero-order chi connectivity index (χ0) is 20.5. The van der Waals surface area contributed by atoms with Crippen molar-refractivity contribution in [2.75, 3.05) is 11.9 Å². The van der Waals surface area contributed by atoms with Crippen molar-refractivity contribution in [3.8, 4) is 0 Å². The van der Waals surface area contributed by atoms with Gasteiger partial charge in [-0.25, -0.2) is 9.78 Å². The maximum Gasteiger partial charge on any atom is 0.349 e. The normalized spacial score (nSPS) is 13.6. The topological polar surface area (TPSA) is 92.5 Å². The van der Waals surface area contributed by atoms with Crippen LogP contribution in [0.25, 0.3) is 11.0 Å². The molecule has 0 spiro atoms. The molecule has 2 amide bonds. The number of thiazole rings is 1. The minimum atomic E-state index is -0.687. The molecule has 3 aromatic rings. The number of para-hydroxylation sites is 1. The molecular formula is C21H21N3O4S. The fourth-order valence-corrected chi connectivity index (χ4v) is 4.34. The van der Waals surface area contributed by atoms with Crippen LogP contribution >= 0.6 is 11.3 Å². The van der Waals surface area contributed by atoms with Gasteiger partial charge in [-0.3, -0.25) is 14.9 Å². The van der Waals surface area contributed by atoms with Gasteiger partial charge in [0.15, 0.2) is 5.13 Å². The first-order valence-electron chi connectivity index (χ1n) is 9.51. The van der Waals surface area contributed by atoms with E-state index in [1.807, 2.05) is 24.8 Å². The number of benzene rings is 1. The SMILES string of the molecule is CC(C)CC(=O)N1CCc2nc(NC(=O)c3cc4ccccc4oc3=O)sc2C1. The Hall–Kier alpha value is -3.00. The minimum Gasteiger partial charge on any atom is -0.422 e. The molecule has 29 heavy (non-hydrogen) atoms. The largest absolute Gasteiger partial charge is 0.422 e. The molecule has 2 aromatic heterocycles. The predicted octanol–water partition coefficient (Wildman–Crippen LogP) is 3.43. The summed E-state index contributed by atoms with van der Waals surface area (Å²) in [7, 11) is 0. The van der Waals surface area contributed by atoms with E-state index in [2.05, 4.69) is 10.3 Å². The molecule has 0 unspecified atom stereocenters. The Kier molecular flexibility index (Phi) is 5.19. The number of nitrogens with one attached hydrogen (secondary N) is 1. The first-order chi connectivity index (χ1) is 13.9. The van der Waals surface area contributed by atoms with Crippen molar-refractivity contribution >= 4 is 39.3 Å². The lowest BCUT2D eigenvalue weighted by molar-refractivity contribution is -0.132. The Morgan fingerprint density at radius 3 is 2.90 bits per heavy atom. The maximum absolute atomic E-state index is 12.6. The van der Waals surface area contributed by atoms with Gasteiger partial charge < -0.3 is 9.32 Å². The van der Waals surface area contributed by atoms with E-state index in [9.17, 15) is 14.4 Å². The van der Waals surface area contributed by atoms with E-state index in [0.717, 1.165) is 10.6 Å². The van der Waals surface area contributed by atoms with Crippen LogP contribution in [0, 0.1) is 5.92 Å². The zero-order valence-electron chi connectivity index (χ0n) is 16.2. The van der Waals surface area contributed by atoms with Gasteiger partial charge >= 0.3 is 5.63 Å². The van der Waals surface area contributed by atoms with Crippen LogP contribution in [-0.4, -0.2) is 28.2 Å². The molecular weight excluding hydrogens is 390 g/mol. The summed E-state index contributed by atoms with van der Waals surface area (Å²) >= 11 is 1.34. The average molecular weight is 411 g/mol. The Morgan fingerprint density at radius 2 is 2.10 bits per heavy atom. The summed E-state index contributed by atoms with van der Waals surface area (Å²) in [4.78, 5) is 44.4. The average Bonchev–Trinajstić information content (AvgIpc) is 3.08. The first kappa shape index (κ1) is 19.3. The highest BCUT2D eigenvalue weighted by Gasteiger charge is 2.25. The molecule has 0 saturated heterocycles. The standard InChI is InChI=1S/C21H21N3O4S/c1-12(2)9-18(25)24-8-7-15-17(11-24)29-21(22-15)23-19(26)14-10-13-5-3-4-6-16(13)28-20(14)27/h3-6,10,12H,7-9,11H2,1-2H3,(H,22,23,26). The van der Waals surface area contributed by atoms with Gasteiger partial charge in [0.1, 0.15) is 11.1 Å². The van der Waals surface area contributed by atoms with Gasteiger partial charge in [-0.2, -0.15) is 0 Å². The fourth-order valence-electron chi connectivity index (χ4n) is 3.32. The second kappa shape index (κ2) is 7.79. The molecule has 1 aliphatic heterocycles. The molecule has 150 valence electrons. The fraction of sp³-hybridized carbons (Fsp3) is 0.333. The van der Waals surface area contributed by atoms with E-state index in [1.165, 1.54) is 17.4 Å². The van der Waals surface area contributed by atoms with Crippen LogP contribution in [0.15, 0.2) is 39.5 Å². The summed E-state index contributed by atoms with van der Waals surface area (Å²) in [5.74, 6) is -0.101. The van der Waals surface area contributed by atoms with Crippen molar-refractivity contribution in [3.63, 3.8) is 0 Å². The number of amides is 2. The maximum atomic E-state index is 12.6. The van der Waals surface area contributed by atoms with Crippen LogP contribution in [0.3, 0.4) is 0 Å². The van der Waals surface area contributed by atoms with E-state index < -0.39 is 11.5 Å². The Bertz CT molecular complexity index is 1150. The molecule has 8 heteroatoms. The highest BCUT2D eigenvalue weighted by atomic mass is 32.1. The van der Waals surface area contributed by atoms with Gasteiger partial charge in [0.05, 0.1) is 12.2 Å². The third-order valence-electron chi connectivity index (χ3n) is 4.77. The number of hydrogen-bond acceptors (Lipinski definition) is 6. The summed E-state index contributed by atoms with van der Waals surface area (Å²) in [5.41, 5.74) is 0.577. The summed E-state index contributed by atoms with van der Waals surface area (Å²) in [6.45, 7) is 5.18. The quantitative estimate of drug-likeness (QED) is 0.664. The van der Waals surface area contributed by atoms with Gasteiger partial charge in [-0.05, 0) is 18.1 Å². The lowest BCUT2D eigenvalue weighted by Crippen LogP contribution is -2.36. The third kappa shape index (κ3) is 4.07. The number of carbonyl (C=O) groups is 2. The number of anilines is 1. The second-order valence-electron chi connectivity index (χ2n) is 7.49. The number of nitrogens with zero attached hydrogens (tertiary/aromatic N) is 2. The van der Waals surface area contributed by atoms with Crippen molar-refractivity contribution in [3.05, 3.63) is 56.9 Å². The Labute approximate surface area is 171 Å². The Balaban J connectivity index is 1.51. The molecule has 1 N–H and O–H groups in total. The number of rotatable bonds is 4. The molecule has 0 radical (unpaired) electrons. The highest BCUT2D eigenvalue weighted by Crippen LogP contribution is 2.29. The predicted molar refractivity (Wildman–Crippen MR) is 111 cm³/mol. The van der Waals surface area contributed by atoms with Gasteiger partial charge in [-0.1, -0.05) is 43.4 Å². The zero-order valence-corrected chi connectivity index (χ0v) is 17.0. The molecule has 1 aliphatic rings. The smallest absolute Gasteiger partial charge is 0.349 e. The third-order valence-corrected chi connectivity index (χ3v) is 5.77. The molecule has 0 atom stereocenters. The van der Waals surface area contributed by atoms with Crippen LogP contribution in [0.5, 0.6) is 0 Å². The van der Waals surface area contributed by atoms with Crippen molar-refractivity contribution in [1.82, 2.24) is 9.88 Å². The Morgan fingerprint density at radius 1 is 1.31 bits per heavy atom. The molecule has 1 aromatic carbocycles. The number of aromatic nitrogens is 1. The molecule has 3 heterocycles. The van der Waals surface area contributed by atoms with Gasteiger partial charge in [0.25, 0.3) is 5.91 Å². The van der Waals surface area contributed by atoms with Crippen LogP contribution in [0.2, 0.25) is 0 Å². The van der Waals surface area contributed by atoms with Crippen LogP contribution < -0.4 is 10.9 Å². The van der Waals surface area contributed by atoms with E-state index >= 15 is 0 Å². The lowest BCUT2D eigenvalue weighted by atomic mass is 10.1. The van der Waals surface area contributed by atoms with E-state index in [4.69, 9.17) is 4.42 Å². The summed E-state index contributed by atoms with van der Waals surface area (Å²) in [5, 5.41) is 3.80. The van der Waals surface area contributed by atoms with Crippen molar-refractivity contribution < 1.29 is 14.0 Å². The molecule has 7 nitrogen and oxygen atoms in total. The van der Waals surface area contributed by atoms with Gasteiger partial charge in [-0.15, -0.1) is 0 Å². The van der Waals surface area contributed by atoms with Gasteiger partial charge in [0, 0.05) is 29.6 Å². The first-order valence-corrected chi connectivity index (χ1v) is 10.3. The lowest BCUT2D eigenvalue weighted by Gasteiger charge is -2.26. The van der Waals surface area contributed by atoms with Crippen molar-refractivity contribution in [2.45, 2.75) is 33.2 Å². The van der Waals surface area contributed by atoms with E-state index in [1.54, 1.807) is 18.2 Å². The molecule has 0 saturated carbocycles. The molecule has 0 fully saturated rings.